The van der Waals surface area contributed by atoms with E-state index in [1.807, 2.05) is 24.0 Å². The highest BCUT2D eigenvalue weighted by Gasteiger charge is 2.42. The second-order valence-electron chi connectivity index (χ2n) is 7.74. The molecule has 7 nitrogen and oxygen atoms in total. The monoisotopic (exact) mass is 361 g/mol. The Bertz CT molecular complexity index is 678. The SMILES string of the molecule is Cc1ccc(CN2CCOC3(CCN(C(=O)C4CCC(=O)N4)CC3)C2)o1. The fourth-order valence-corrected chi connectivity index (χ4v) is 4.31. The number of aryl methyl sites for hydroxylation is 1. The Hall–Kier alpha value is -1.86. The van der Waals surface area contributed by atoms with Gasteiger partial charge in [-0.05, 0) is 38.3 Å². The number of carbonyl (C=O) groups excluding carboxylic acids is 2. The molecule has 3 aliphatic rings. The van der Waals surface area contributed by atoms with Gasteiger partial charge in [0.15, 0.2) is 0 Å². The summed E-state index contributed by atoms with van der Waals surface area (Å²) in [7, 11) is 0. The van der Waals surface area contributed by atoms with E-state index in [0.717, 1.165) is 44.0 Å². The van der Waals surface area contributed by atoms with Crippen LogP contribution in [0.3, 0.4) is 0 Å². The van der Waals surface area contributed by atoms with Gasteiger partial charge in [0.25, 0.3) is 0 Å². The first-order chi connectivity index (χ1) is 12.5. The van der Waals surface area contributed by atoms with Crippen molar-refractivity contribution in [2.24, 2.45) is 0 Å². The van der Waals surface area contributed by atoms with Crippen molar-refractivity contribution >= 4 is 11.8 Å². The molecule has 0 saturated carbocycles. The Morgan fingerprint density at radius 1 is 1.31 bits per heavy atom. The van der Waals surface area contributed by atoms with E-state index in [1.54, 1.807) is 0 Å². The summed E-state index contributed by atoms with van der Waals surface area (Å²) >= 11 is 0. The van der Waals surface area contributed by atoms with Crippen LogP contribution in [0.4, 0.5) is 0 Å². The highest BCUT2D eigenvalue weighted by atomic mass is 16.5. The molecule has 7 heteroatoms. The first kappa shape index (κ1) is 17.5. The predicted molar refractivity (Wildman–Crippen MR) is 94.4 cm³/mol. The smallest absolute Gasteiger partial charge is 0.245 e. The van der Waals surface area contributed by atoms with Gasteiger partial charge in [-0.15, -0.1) is 0 Å². The van der Waals surface area contributed by atoms with Crippen LogP contribution >= 0.6 is 0 Å². The molecule has 1 N–H and O–H groups in total. The molecule has 1 spiro atoms. The average Bonchev–Trinajstić information content (AvgIpc) is 3.23. The van der Waals surface area contributed by atoms with E-state index in [1.165, 1.54) is 0 Å². The van der Waals surface area contributed by atoms with Gasteiger partial charge in [-0.25, -0.2) is 0 Å². The van der Waals surface area contributed by atoms with Crippen LogP contribution < -0.4 is 5.32 Å². The molecule has 4 rings (SSSR count). The van der Waals surface area contributed by atoms with Crippen LogP contribution in [0, 0.1) is 6.92 Å². The summed E-state index contributed by atoms with van der Waals surface area (Å²) in [5.41, 5.74) is -0.171. The molecule has 142 valence electrons. The topological polar surface area (TPSA) is 75.0 Å². The third-order valence-corrected chi connectivity index (χ3v) is 5.78. The van der Waals surface area contributed by atoms with E-state index in [9.17, 15) is 9.59 Å². The molecule has 1 aromatic heterocycles. The van der Waals surface area contributed by atoms with Crippen molar-refractivity contribution in [3.63, 3.8) is 0 Å². The summed E-state index contributed by atoms with van der Waals surface area (Å²) in [4.78, 5) is 28.2. The lowest BCUT2D eigenvalue weighted by molar-refractivity contribution is -0.153. The maximum atomic E-state index is 12.6. The molecular formula is C19H27N3O4. The summed E-state index contributed by atoms with van der Waals surface area (Å²) in [6.07, 6.45) is 2.75. The summed E-state index contributed by atoms with van der Waals surface area (Å²) in [6.45, 7) is 6.64. The van der Waals surface area contributed by atoms with Crippen molar-refractivity contribution in [3.8, 4) is 0 Å². The molecule has 1 atom stereocenters. The standard InChI is InChI=1S/C19H27N3O4/c1-14-2-3-15(26-14)12-21-10-11-25-19(13-21)6-8-22(9-7-19)18(24)16-4-5-17(23)20-16/h2-3,16H,4-13H2,1H3,(H,20,23). The maximum Gasteiger partial charge on any atom is 0.245 e. The number of nitrogens with zero attached hydrogens (tertiary/aromatic N) is 2. The quantitative estimate of drug-likeness (QED) is 0.871. The van der Waals surface area contributed by atoms with Crippen LogP contribution in [0.25, 0.3) is 0 Å². The van der Waals surface area contributed by atoms with Gasteiger partial charge in [0, 0.05) is 32.6 Å². The second kappa shape index (κ2) is 7.04. The number of piperidine rings is 1. The number of hydrogen-bond acceptors (Lipinski definition) is 5. The van der Waals surface area contributed by atoms with Crippen LogP contribution in [0.1, 0.15) is 37.2 Å². The summed E-state index contributed by atoms with van der Waals surface area (Å²) in [6, 6.07) is 3.70. The van der Waals surface area contributed by atoms with E-state index in [-0.39, 0.29) is 23.5 Å². The van der Waals surface area contributed by atoms with Crippen LogP contribution in [0.2, 0.25) is 0 Å². The van der Waals surface area contributed by atoms with Gasteiger partial charge in [-0.3, -0.25) is 14.5 Å². The zero-order valence-corrected chi connectivity index (χ0v) is 15.3. The molecule has 0 bridgehead atoms. The fraction of sp³-hybridized carbons (Fsp3) is 0.684. The zero-order chi connectivity index (χ0) is 18.1. The van der Waals surface area contributed by atoms with E-state index >= 15 is 0 Å². The number of nitrogens with one attached hydrogen (secondary N) is 1. The number of likely N-dealkylation sites (tertiary alicyclic amines) is 1. The van der Waals surface area contributed by atoms with E-state index < -0.39 is 0 Å². The Morgan fingerprint density at radius 3 is 2.77 bits per heavy atom. The van der Waals surface area contributed by atoms with Gasteiger partial charge in [-0.1, -0.05) is 0 Å². The van der Waals surface area contributed by atoms with Crippen molar-refractivity contribution in [3.05, 3.63) is 23.7 Å². The van der Waals surface area contributed by atoms with Gasteiger partial charge in [0.05, 0.1) is 18.8 Å². The number of furan rings is 1. The molecule has 4 heterocycles. The minimum Gasteiger partial charge on any atom is -0.465 e. The Morgan fingerprint density at radius 2 is 2.12 bits per heavy atom. The average molecular weight is 361 g/mol. The number of carbonyl (C=O) groups is 2. The first-order valence-corrected chi connectivity index (χ1v) is 9.53. The number of hydrogen-bond donors (Lipinski definition) is 1. The number of rotatable bonds is 3. The summed E-state index contributed by atoms with van der Waals surface area (Å²) in [5, 5.41) is 2.78. The van der Waals surface area contributed by atoms with E-state index in [2.05, 4.69) is 10.2 Å². The van der Waals surface area contributed by atoms with Gasteiger partial charge in [0.1, 0.15) is 17.6 Å². The lowest BCUT2D eigenvalue weighted by Gasteiger charge is -2.47. The highest BCUT2D eigenvalue weighted by Crippen LogP contribution is 2.31. The Labute approximate surface area is 153 Å². The third kappa shape index (κ3) is 3.64. The van der Waals surface area contributed by atoms with Crippen molar-refractivity contribution < 1.29 is 18.7 Å². The molecule has 3 aliphatic heterocycles. The van der Waals surface area contributed by atoms with Crippen LogP contribution in [-0.2, 0) is 20.9 Å². The number of morpholine rings is 1. The maximum absolute atomic E-state index is 12.6. The van der Waals surface area contributed by atoms with Gasteiger partial charge < -0.3 is 19.4 Å². The molecule has 0 aliphatic carbocycles. The van der Waals surface area contributed by atoms with Crippen molar-refractivity contribution in [1.29, 1.82) is 0 Å². The van der Waals surface area contributed by atoms with Gasteiger partial charge in [-0.2, -0.15) is 0 Å². The predicted octanol–water partition coefficient (Wildman–Crippen LogP) is 1.06. The summed E-state index contributed by atoms with van der Waals surface area (Å²) in [5.74, 6) is 1.97. The highest BCUT2D eigenvalue weighted by molar-refractivity contribution is 5.90. The Kier molecular flexibility index (Phi) is 4.75. The molecule has 3 fully saturated rings. The molecule has 0 radical (unpaired) electrons. The van der Waals surface area contributed by atoms with Crippen molar-refractivity contribution in [2.45, 2.75) is 50.8 Å². The molecular weight excluding hydrogens is 334 g/mol. The number of amides is 2. The number of ether oxygens (including phenoxy) is 1. The lowest BCUT2D eigenvalue weighted by Crippen LogP contribution is -2.58. The van der Waals surface area contributed by atoms with Crippen molar-refractivity contribution in [2.75, 3.05) is 32.8 Å². The third-order valence-electron chi connectivity index (χ3n) is 5.78. The normalized spacial score (nSPS) is 26.3. The van der Waals surface area contributed by atoms with Crippen LogP contribution in [0.15, 0.2) is 16.5 Å². The van der Waals surface area contributed by atoms with Crippen LogP contribution in [0.5, 0.6) is 0 Å². The lowest BCUT2D eigenvalue weighted by atomic mass is 9.89. The minimum absolute atomic E-state index is 0.0174. The minimum atomic E-state index is -0.331. The van der Waals surface area contributed by atoms with E-state index in [4.69, 9.17) is 9.15 Å². The molecule has 1 aromatic rings. The molecule has 0 aromatic carbocycles. The van der Waals surface area contributed by atoms with E-state index in [0.29, 0.717) is 32.5 Å². The molecule has 3 saturated heterocycles. The second-order valence-corrected chi connectivity index (χ2v) is 7.74. The largest absolute Gasteiger partial charge is 0.465 e. The molecule has 2 amide bonds. The summed E-state index contributed by atoms with van der Waals surface area (Å²) < 4.78 is 11.9. The first-order valence-electron chi connectivity index (χ1n) is 9.53. The van der Waals surface area contributed by atoms with Crippen LogP contribution in [-0.4, -0.2) is 66.0 Å². The van der Waals surface area contributed by atoms with Crippen molar-refractivity contribution in [1.82, 2.24) is 15.1 Å². The fourth-order valence-electron chi connectivity index (χ4n) is 4.31. The zero-order valence-electron chi connectivity index (χ0n) is 15.3. The molecule has 1 unspecified atom stereocenters. The Balaban J connectivity index is 1.32. The van der Waals surface area contributed by atoms with Gasteiger partial charge >= 0.3 is 0 Å². The van der Waals surface area contributed by atoms with Gasteiger partial charge in [0.2, 0.25) is 11.8 Å². The molecule has 26 heavy (non-hydrogen) atoms.